The van der Waals surface area contributed by atoms with Gasteiger partial charge in [0.1, 0.15) is 0 Å². The predicted octanol–water partition coefficient (Wildman–Crippen LogP) is 3.03. The molecular weight excluding hydrogens is 248 g/mol. The molecule has 1 heterocycles. The average molecular weight is 270 g/mol. The SMILES string of the molecule is C[C@@H]1CN(Cc2cc3ccccc3cc2N)C[C@H](C)O1. The minimum atomic E-state index is 0.292. The predicted molar refractivity (Wildman–Crippen MR) is 83.6 cm³/mol. The van der Waals surface area contributed by atoms with E-state index in [1.165, 1.54) is 16.3 Å². The lowest BCUT2D eigenvalue weighted by atomic mass is 10.0. The first kappa shape index (κ1) is 13.4. The lowest BCUT2D eigenvalue weighted by molar-refractivity contribution is -0.0704. The van der Waals surface area contributed by atoms with E-state index in [0.29, 0.717) is 12.2 Å². The Kier molecular flexibility index (Phi) is 3.64. The molecule has 0 unspecified atom stereocenters. The molecule has 2 atom stereocenters. The van der Waals surface area contributed by atoms with Gasteiger partial charge in [-0.3, -0.25) is 4.90 Å². The van der Waals surface area contributed by atoms with Crippen molar-refractivity contribution in [1.29, 1.82) is 0 Å². The van der Waals surface area contributed by atoms with E-state index in [9.17, 15) is 0 Å². The van der Waals surface area contributed by atoms with Crippen molar-refractivity contribution in [2.75, 3.05) is 18.8 Å². The maximum atomic E-state index is 6.22. The van der Waals surface area contributed by atoms with Gasteiger partial charge >= 0.3 is 0 Å². The molecule has 3 nitrogen and oxygen atoms in total. The number of nitrogen functional groups attached to an aromatic ring is 1. The summed E-state index contributed by atoms with van der Waals surface area (Å²) >= 11 is 0. The summed E-state index contributed by atoms with van der Waals surface area (Å²) in [6, 6.07) is 12.7. The molecule has 0 saturated carbocycles. The molecular formula is C17H22N2O. The van der Waals surface area contributed by atoms with Crippen LogP contribution in [0, 0.1) is 0 Å². The van der Waals surface area contributed by atoms with Gasteiger partial charge in [-0.2, -0.15) is 0 Å². The fourth-order valence-electron chi connectivity index (χ4n) is 3.10. The number of hydrogen-bond donors (Lipinski definition) is 1. The Labute approximate surface area is 120 Å². The lowest BCUT2D eigenvalue weighted by Crippen LogP contribution is -2.44. The second kappa shape index (κ2) is 5.43. The fraction of sp³-hybridized carbons (Fsp3) is 0.412. The van der Waals surface area contributed by atoms with E-state index in [1.807, 2.05) is 6.07 Å². The van der Waals surface area contributed by atoms with Crippen LogP contribution in [0.4, 0.5) is 5.69 Å². The van der Waals surface area contributed by atoms with Gasteiger partial charge in [0, 0.05) is 25.3 Å². The minimum absolute atomic E-state index is 0.292. The highest BCUT2D eigenvalue weighted by atomic mass is 16.5. The van der Waals surface area contributed by atoms with E-state index in [0.717, 1.165) is 25.3 Å². The second-order valence-corrected chi connectivity index (χ2v) is 5.85. The zero-order valence-corrected chi connectivity index (χ0v) is 12.2. The topological polar surface area (TPSA) is 38.5 Å². The summed E-state index contributed by atoms with van der Waals surface area (Å²) in [5, 5.41) is 2.46. The first-order chi connectivity index (χ1) is 9.61. The highest BCUT2D eigenvalue weighted by Crippen LogP contribution is 2.24. The summed E-state index contributed by atoms with van der Waals surface area (Å²) < 4.78 is 5.78. The fourth-order valence-corrected chi connectivity index (χ4v) is 3.10. The molecule has 2 aromatic carbocycles. The first-order valence-corrected chi connectivity index (χ1v) is 7.27. The van der Waals surface area contributed by atoms with Gasteiger partial charge in [-0.15, -0.1) is 0 Å². The molecule has 0 aromatic heterocycles. The molecule has 0 aliphatic carbocycles. The van der Waals surface area contributed by atoms with Crippen LogP contribution in [0.25, 0.3) is 10.8 Å². The Hall–Kier alpha value is -1.58. The first-order valence-electron chi connectivity index (χ1n) is 7.27. The third-order valence-corrected chi connectivity index (χ3v) is 3.90. The van der Waals surface area contributed by atoms with Gasteiger partial charge in [0.2, 0.25) is 0 Å². The van der Waals surface area contributed by atoms with Crippen LogP contribution in [0.3, 0.4) is 0 Å². The van der Waals surface area contributed by atoms with Crippen LogP contribution in [0.5, 0.6) is 0 Å². The minimum Gasteiger partial charge on any atom is -0.398 e. The molecule has 106 valence electrons. The van der Waals surface area contributed by atoms with Crippen molar-refractivity contribution in [2.24, 2.45) is 0 Å². The van der Waals surface area contributed by atoms with Crippen LogP contribution in [0.15, 0.2) is 36.4 Å². The summed E-state index contributed by atoms with van der Waals surface area (Å²) in [7, 11) is 0. The molecule has 0 bridgehead atoms. The average Bonchev–Trinajstić information content (AvgIpc) is 2.38. The Morgan fingerprint density at radius 2 is 1.70 bits per heavy atom. The molecule has 3 rings (SSSR count). The lowest BCUT2D eigenvalue weighted by Gasteiger charge is -2.35. The van der Waals surface area contributed by atoms with Crippen LogP contribution in [-0.4, -0.2) is 30.2 Å². The smallest absolute Gasteiger partial charge is 0.0678 e. The number of fused-ring (bicyclic) bond motifs is 1. The van der Waals surface area contributed by atoms with Crippen molar-refractivity contribution in [1.82, 2.24) is 4.90 Å². The molecule has 1 saturated heterocycles. The summed E-state index contributed by atoms with van der Waals surface area (Å²) in [5.41, 5.74) is 8.31. The quantitative estimate of drug-likeness (QED) is 0.852. The van der Waals surface area contributed by atoms with E-state index in [-0.39, 0.29) is 0 Å². The van der Waals surface area contributed by atoms with Crippen molar-refractivity contribution in [3.05, 3.63) is 42.0 Å². The summed E-state index contributed by atoms with van der Waals surface area (Å²) in [6.07, 6.45) is 0.584. The van der Waals surface area contributed by atoms with Crippen LogP contribution in [0.1, 0.15) is 19.4 Å². The molecule has 0 spiro atoms. The van der Waals surface area contributed by atoms with E-state index in [4.69, 9.17) is 10.5 Å². The van der Waals surface area contributed by atoms with Crippen LogP contribution in [0.2, 0.25) is 0 Å². The van der Waals surface area contributed by atoms with Gasteiger partial charge in [0.15, 0.2) is 0 Å². The number of hydrogen-bond acceptors (Lipinski definition) is 3. The van der Waals surface area contributed by atoms with Gasteiger partial charge in [0.05, 0.1) is 12.2 Å². The highest BCUT2D eigenvalue weighted by Gasteiger charge is 2.22. The number of anilines is 1. The second-order valence-electron chi connectivity index (χ2n) is 5.85. The Morgan fingerprint density at radius 3 is 2.35 bits per heavy atom. The van der Waals surface area contributed by atoms with Crippen LogP contribution < -0.4 is 5.73 Å². The van der Waals surface area contributed by atoms with Gasteiger partial charge < -0.3 is 10.5 Å². The van der Waals surface area contributed by atoms with Crippen molar-refractivity contribution in [3.63, 3.8) is 0 Å². The summed E-state index contributed by atoms with van der Waals surface area (Å²) in [5.74, 6) is 0. The van der Waals surface area contributed by atoms with E-state index in [1.54, 1.807) is 0 Å². The highest BCUT2D eigenvalue weighted by molar-refractivity contribution is 5.86. The largest absolute Gasteiger partial charge is 0.398 e. The molecule has 20 heavy (non-hydrogen) atoms. The molecule has 0 amide bonds. The number of rotatable bonds is 2. The van der Waals surface area contributed by atoms with Gasteiger partial charge in [-0.1, -0.05) is 24.3 Å². The maximum absolute atomic E-state index is 6.22. The Morgan fingerprint density at radius 1 is 1.10 bits per heavy atom. The molecule has 3 heteroatoms. The zero-order chi connectivity index (χ0) is 14.1. The Bertz CT molecular complexity index is 601. The monoisotopic (exact) mass is 270 g/mol. The number of ether oxygens (including phenoxy) is 1. The van der Waals surface area contributed by atoms with E-state index in [2.05, 4.69) is 49.1 Å². The third-order valence-electron chi connectivity index (χ3n) is 3.90. The van der Waals surface area contributed by atoms with E-state index >= 15 is 0 Å². The maximum Gasteiger partial charge on any atom is 0.0678 e. The van der Waals surface area contributed by atoms with Crippen LogP contribution >= 0.6 is 0 Å². The summed E-state index contributed by atoms with van der Waals surface area (Å²) in [4.78, 5) is 2.43. The third kappa shape index (κ3) is 2.79. The van der Waals surface area contributed by atoms with Crippen molar-refractivity contribution >= 4 is 16.5 Å². The van der Waals surface area contributed by atoms with Crippen LogP contribution in [-0.2, 0) is 11.3 Å². The molecule has 1 aliphatic rings. The molecule has 1 fully saturated rings. The number of morpholine rings is 1. The number of benzene rings is 2. The molecule has 0 radical (unpaired) electrons. The van der Waals surface area contributed by atoms with E-state index < -0.39 is 0 Å². The van der Waals surface area contributed by atoms with Crippen molar-refractivity contribution in [2.45, 2.75) is 32.6 Å². The summed E-state index contributed by atoms with van der Waals surface area (Å²) in [6.45, 7) is 7.10. The number of nitrogens with two attached hydrogens (primary N) is 1. The standard InChI is InChI=1S/C17H22N2O/c1-12-9-19(10-13(2)20-12)11-16-7-14-5-3-4-6-15(14)8-17(16)18/h3-8,12-13H,9-11,18H2,1-2H3/t12-,13+. The molecule has 2 N–H and O–H groups in total. The normalized spacial score (nSPS) is 24.1. The molecule has 2 aromatic rings. The van der Waals surface area contributed by atoms with Gasteiger partial charge in [-0.05, 0) is 42.3 Å². The Balaban J connectivity index is 1.85. The van der Waals surface area contributed by atoms with Gasteiger partial charge in [0.25, 0.3) is 0 Å². The zero-order valence-electron chi connectivity index (χ0n) is 12.2. The van der Waals surface area contributed by atoms with Crippen molar-refractivity contribution < 1.29 is 4.74 Å². The van der Waals surface area contributed by atoms with Gasteiger partial charge in [-0.25, -0.2) is 0 Å². The van der Waals surface area contributed by atoms with Crippen molar-refractivity contribution in [3.8, 4) is 0 Å². The molecule has 1 aliphatic heterocycles. The number of nitrogens with zero attached hydrogens (tertiary/aromatic N) is 1.